The highest BCUT2D eigenvalue weighted by Crippen LogP contribution is 2.40. The molecule has 2 rings (SSSR count). The van der Waals surface area contributed by atoms with Crippen LogP contribution in [0.1, 0.15) is 72.8 Å². The van der Waals surface area contributed by atoms with E-state index < -0.39 is 0 Å². The third-order valence-corrected chi connectivity index (χ3v) is 6.25. The second kappa shape index (κ2) is 5.68. The first kappa shape index (κ1) is 17.0. The minimum Gasteiger partial charge on any atom is -0.257 e. The number of rotatable bonds is 3. The normalized spacial score (nSPS) is 12.2. The Hall–Kier alpha value is -1.37. The monoisotopic (exact) mass is 297 g/mol. The van der Waals surface area contributed by atoms with Gasteiger partial charge in [-0.3, -0.25) is 4.98 Å². The molecule has 1 aromatic carbocycles. The van der Waals surface area contributed by atoms with Crippen LogP contribution in [0.2, 0.25) is 0 Å². The lowest BCUT2D eigenvalue weighted by Gasteiger charge is -2.30. The van der Waals surface area contributed by atoms with Gasteiger partial charge in [-0.25, -0.2) is 0 Å². The number of benzene rings is 1. The Morgan fingerprint density at radius 2 is 1.14 bits per heavy atom. The molecule has 0 bridgehead atoms. The van der Waals surface area contributed by atoms with Gasteiger partial charge in [-0.05, 0) is 87.6 Å². The van der Waals surface area contributed by atoms with Gasteiger partial charge in [-0.15, -0.1) is 0 Å². The third kappa shape index (κ3) is 2.26. The topological polar surface area (TPSA) is 12.9 Å². The summed E-state index contributed by atoms with van der Waals surface area (Å²) < 4.78 is 0. The van der Waals surface area contributed by atoms with E-state index in [0.29, 0.717) is 0 Å². The van der Waals surface area contributed by atoms with Gasteiger partial charge in [0, 0.05) is 16.5 Å². The van der Waals surface area contributed by atoms with E-state index in [-0.39, 0.29) is 5.41 Å². The molecule has 0 aliphatic carbocycles. The van der Waals surface area contributed by atoms with Gasteiger partial charge in [0.05, 0.1) is 5.69 Å². The molecule has 0 fully saturated rings. The molecule has 0 unspecified atom stereocenters. The van der Waals surface area contributed by atoms with Crippen LogP contribution < -0.4 is 0 Å². The van der Waals surface area contributed by atoms with Crippen LogP contribution in [-0.2, 0) is 5.41 Å². The van der Waals surface area contributed by atoms with Crippen LogP contribution in [-0.4, -0.2) is 4.98 Å². The van der Waals surface area contributed by atoms with Gasteiger partial charge < -0.3 is 0 Å². The predicted molar refractivity (Wildman–Crippen MR) is 98.1 cm³/mol. The summed E-state index contributed by atoms with van der Waals surface area (Å²) in [4.78, 5) is 5.09. The van der Waals surface area contributed by atoms with E-state index in [1.165, 1.54) is 50.0 Å². The molecule has 0 radical (unpaired) electrons. The fourth-order valence-electron chi connectivity index (χ4n) is 3.59. The van der Waals surface area contributed by atoms with Gasteiger partial charge in [0.1, 0.15) is 0 Å². The minimum absolute atomic E-state index is 0.148. The van der Waals surface area contributed by atoms with Crippen molar-refractivity contribution in [2.45, 2.75) is 80.6 Å². The standard InChI is InChI=1S/C21H31N/c1-10-21(9,11-2)20-19-15(6)13(4)12(3)14(5)18(19)16(7)17(8)22-20/h10-11H2,1-9H3. The molecule has 0 atom stereocenters. The molecular formula is C21H31N. The molecule has 0 aliphatic heterocycles. The molecule has 0 saturated heterocycles. The lowest BCUT2D eigenvalue weighted by atomic mass is 9.76. The van der Waals surface area contributed by atoms with E-state index >= 15 is 0 Å². The number of pyridine rings is 1. The molecule has 22 heavy (non-hydrogen) atoms. The Kier molecular flexibility index (Phi) is 4.39. The smallest absolute Gasteiger partial charge is 0.0546 e. The molecule has 0 N–H and O–H groups in total. The van der Waals surface area contributed by atoms with Crippen LogP contribution in [0.3, 0.4) is 0 Å². The zero-order valence-corrected chi connectivity index (χ0v) is 15.9. The third-order valence-electron chi connectivity index (χ3n) is 6.25. The van der Waals surface area contributed by atoms with Crippen molar-refractivity contribution in [3.05, 3.63) is 39.2 Å². The fraction of sp³-hybridized carbons (Fsp3) is 0.571. The molecule has 0 amide bonds. The van der Waals surface area contributed by atoms with Gasteiger partial charge in [0.2, 0.25) is 0 Å². The van der Waals surface area contributed by atoms with Gasteiger partial charge in [-0.2, -0.15) is 0 Å². The molecule has 1 heterocycles. The van der Waals surface area contributed by atoms with E-state index in [1.54, 1.807) is 0 Å². The molecule has 0 spiro atoms. The first-order valence-electron chi connectivity index (χ1n) is 8.57. The maximum Gasteiger partial charge on any atom is 0.0546 e. The first-order valence-corrected chi connectivity index (χ1v) is 8.57. The van der Waals surface area contributed by atoms with Crippen molar-refractivity contribution in [1.29, 1.82) is 0 Å². The van der Waals surface area contributed by atoms with Crippen LogP contribution in [0.5, 0.6) is 0 Å². The number of aromatic nitrogens is 1. The Labute approximate surface area is 136 Å². The summed E-state index contributed by atoms with van der Waals surface area (Å²) in [5, 5.41) is 2.85. The number of nitrogens with zero attached hydrogens (tertiary/aromatic N) is 1. The van der Waals surface area contributed by atoms with Crippen LogP contribution in [0, 0.1) is 41.5 Å². The number of hydrogen-bond acceptors (Lipinski definition) is 1. The number of fused-ring (bicyclic) bond motifs is 1. The highest BCUT2D eigenvalue weighted by molar-refractivity contribution is 5.95. The second-order valence-corrected chi connectivity index (χ2v) is 7.19. The summed E-state index contributed by atoms with van der Waals surface area (Å²) in [6, 6.07) is 0. The fourth-order valence-corrected chi connectivity index (χ4v) is 3.59. The molecule has 0 aliphatic rings. The van der Waals surface area contributed by atoms with Gasteiger partial charge in [0.15, 0.2) is 0 Å². The maximum absolute atomic E-state index is 5.09. The highest BCUT2D eigenvalue weighted by atomic mass is 14.7. The predicted octanol–water partition coefficient (Wildman–Crippen LogP) is 6.16. The summed E-state index contributed by atoms with van der Waals surface area (Å²) >= 11 is 0. The molecule has 0 saturated carbocycles. The Balaban J connectivity index is 3.12. The van der Waals surface area contributed by atoms with Crippen LogP contribution in [0.4, 0.5) is 0 Å². The van der Waals surface area contributed by atoms with Crippen molar-refractivity contribution in [3.63, 3.8) is 0 Å². The summed E-state index contributed by atoms with van der Waals surface area (Å²) in [5.74, 6) is 0. The highest BCUT2D eigenvalue weighted by Gasteiger charge is 2.29. The van der Waals surface area contributed by atoms with Crippen molar-refractivity contribution in [3.8, 4) is 0 Å². The SMILES string of the molecule is CCC(C)(CC)c1nc(C)c(C)c2c(C)c(C)c(C)c(C)c12. The second-order valence-electron chi connectivity index (χ2n) is 7.19. The van der Waals surface area contributed by atoms with Crippen molar-refractivity contribution < 1.29 is 0 Å². The summed E-state index contributed by atoms with van der Waals surface area (Å²) in [7, 11) is 0. The Morgan fingerprint density at radius 3 is 1.59 bits per heavy atom. The van der Waals surface area contributed by atoms with E-state index in [0.717, 1.165) is 12.8 Å². The molecule has 120 valence electrons. The summed E-state index contributed by atoms with van der Waals surface area (Å²) in [5.41, 5.74) is 9.67. The number of aryl methyl sites for hydroxylation is 4. The lowest BCUT2D eigenvalue weighted by molar-refractivity contribution is 0.429. The van der Waals surface area contributed by atoms with Crippen molar-refractivity contribution in [2.24, 2.45) is 0 Å². The Bertz CT molecular complexity index is 734. The van der Waals surface area contributed by atoms with Crippen LogP contribution >= 0.6 is 0 Å². The van der Waals surface area contributed by atoms with Gasteiger partial charge in [0.25, 0.3) is 0 Å². The molecular weight excluding hydrogens is 266 g/mol. The number of hydrogen-bond donors (Lipinski definition) is 0. The average molecular weight is 297 g/mol. The van der Waals surface area contributed by atoms with Gasteiger partial charge >= 0.3 is 0 Å². The van der Waals surface area contributed by atoms with Crippen molar-refractivity contribution in [1.82, 2.24) is 4.98 Å². The molecule has 1 heteroatoms. The summed E-state index contributed by atoms with van der Waals surface area (Å²) in [6.07, 6.45) is 2.25. The summed E-state index contributed by atoms with van der Waals surface area (Å²) in [6.45, 7) is 20.4. The quantitative estimate of drug-likeness (QED) is 0.661. The Morgan fingerprint density at radius 1 is 0.682 bits per heavy atom. The average Bonchev–Trinajstić information content (AvgIpc) is 2.52. The zero-order valence-electron chi connectivity index (χ0n) is 15.9. The minimum atomic E-state index is 0.148. The molecule has 1 nitrogen and oxygen atoms in total. The molecule has 1 aromatic heterocycles. The largest absolute Gasteiger partial charge is 0.257 e. The lowest BCUT2D eigenvalue weighted by Crippen LogP contribution is -2.23. The van der Waals surface area contributed by atoms with Crippen LogP contribution in [0.25, 0.3) is 10.8 Å². The van der Waals surface area contributed by atoms with E-state index in [9.17, 15) is 0 Å². The van der Waals surface area contributed by atoms with Gasteiger partial charge in [-0.1, -0.05) is 20.8 Å². The van der Waals surface area contributed by atoms with Crippen LogP contribution in [0.15, 0.2) is 0 Å². The first-order chi connectivity index (χ1) is 10.2. The van der Waals surface area contributed by atoms with Crippen molar-refractivity contribution >= 4 is 10.8 Å². The molecule has 2 aromatic rings. The van der Waals surface area contributed by atoms with E-state index in [4.69, 9.17) is 4.98 Å². The maximum atomic E-state index is 5.09. The van der Waals surface area contributed by atoms with E-state index in [1.807, 2.05) is 0 Å². The zero-order chi connectivity index (χ0) is 16.8. The van der Waals surface area contributed by atoms with E-state index in [2.05, 4.69) is 62.3 Å². The van der Waals surface area contributed by atoms with Crippen molar-refractivity contribution in [2.75, 3.05) is 0 Å².